The molecule has 0 aliphatic carbocycles. The quantitative estimate of drug-likeness (QED) is 0.355. The van der Waals surface area contributed by atoms with Crippen molar-refractivity contribution in [1.82, 2.24) is 0 Å². The highest BCUT2D eigenvalue weighted by atomic mass is 14.3. The number of fused-ring (bicyclic) bond motifs is 2. The first-order chi connectivity index (χ1) is 14.5. The summed E-state index contributed by atoms with van der Waals surface area (Å²) in [6.45, 7) is 33.1. The minimum atomic E-state index is 0.254. The van der Waals surface area contributed by atoms with E-state index in [9.17, 15) is 0 Å². The molecule has 0 aliphatic rings. The van der Waals surface area contributed by atoms with Gasteiger partial charge in [-0.2, -0.15) is 0 Å². The number of benzene rings is 3. The van der Waals surface area contributed by atoms with Gasteiger partial charge in [0.25, 0.3) is 0 Å². The van der Waals surface area contributed by atoms with Crippen molar-refractivity contribution in [2.45, 2.75) is 110 Å². The van der Waals surface area contributed by atoms with Crippen LogP contribution in [0.2, 0.25) is 0 Å². The van der Waals surface area contributed by atoms with Crippen LogP contribution in [0.3, 0.4) is 0 Å². The lowest BCUT2D eigenvalue weighted by Gasteiger charge is -2.29. The summed E-state index contributed by atoms with van der Waals surface area (Å²) < 4.78 is 0. The summed E-state index contributed by atoms with van der Waals surface area (Å²) in [5.74, 6) is 0. The van der Waals surface area contributed by atoms with Crippen molar-refractivity contribution in [3.63, 3.8) is 0 Å². The molecule has 0 radical (unpaired) electrons. The van der Waals surface area contributed by atoms with Crippen LogP contribution in [0.15, 0.2) is 0 Å². The normalized spacial score (nSPS) is 12.9. The Kier molecular flexibility index (Phi) is 6.12. The molecule has 0 saturated heterocycles. The minimum absolute atomic E-state index is 0.254. The zero-order chi connectivity index (χ0) is 24.5. The van der Waals surface area contributed by atoms with E-state index in [1.165, 1.54) is 66.1 Å². The fourth-order valence-corrected chi connectivity index (χ4v) is 5.96. The molecule has 0 spiro atoms. The summed E-state index contributed by atoms with van der Waals surface area (Å²) in [4.78, 5) is 0. The Balaban J connectivity index is 2.70. The number of hydrogen-bond acceptors (Lipinski definition) is 0. The first kappa shape index (κ1) is 24.8. The van der Waals surface area contributed by atoms with Gasteiger partial charge in [0.2, 0.25) is 0 Å². The van der Waals surface area contributed by atoms with E-state index in [0.29, 0.717) is 0 Å². The van der Waals surface area contributed by atoms with Gasteiger partial charge in [0, 0.05) is 0 Å². The van der Waals surface area contributed by atoms with Crippen LogP contribution in [0.25, 0.3) is 21.5 Å². The summed E-state index contributed by atoms with van der Waals surface area (Å²) in [6, 6.07) is 0. The van der Waals surface area contributed by atoms with Gasteiger partial charge in [-0.05, 0) is 156 Å². The molecular weight excluding hydrogens is 384 g/mol. The maximum Gasteiger partial charge on any atom is -0.0108 e. The maximum atomic E-state index is 2.40. The van der Waals surface area contributed by atoms with Crippen LogP contribution in [0, 0.1) is 66.2 Å². The third-order valence-electron chi connectivity index (χ3n) is 7.92. The summed E-state index contributed by atoms with van der Waals surface area (Å²) in [6.07, 6.45) is 2.22. The predicted molar refractivity (Wildman–Crippen MR) is 146 cm³/mol. The summed E-state index contributed by atoms with van der Waals surface area (Å²) in [7, 11) is 0. The van der Waals surface area contributed by atoms with E-state index in [0.717, 1.165) is 12.8 Å². The van der Waals surface area contributed by atoms with Crippen LogP contribution in [0.1, 0.15) is 97.2 Å². The Labute approximate surface area is 197 Å². The van der Waals surface area contributed by atoms with E-state index in [4.69, 9.17) is 0 Å². The Morgan fingerprint density at radius 3 is 0.875 bits per heavy atom. The van der Waals surface area contributed by atoms with Gasteiger partial charge in [0.15, 0.2) is 0 Å². The van der Waals surface area contributed by atoms with Gasteiger partial charge < -0.3 is 0 Å². The molecule has 3 aromatic rings. The molecule has 174 valence electrons. The summed E-state index contributed by atoms with van der Waals surface area (Å²) in [5.41, 5.74) is 15.5. The maximum absolute atomic E-state index is 2.40. The van der Waals surface area contributed by atoms with Gasteiger partial charge in [0.1, 0.15) is 0 Å². The molecule has 0 heteroatoms. The number of rotatable bonds is 2. The zero-order valence-corrected chi connectivity index (χ0v) is 23.4. The largest absolute Gasteiger partial charge is 0.0599 e. The van der Waals surface area contributed by atoms with Gasteiger partial charge >= 0.3 is 0 Å². The number of hydrogen-bond donors (Lipinski definition) is 0. The lowest BCUT2D eigenvalue weighted by atomic mass is 9.75. The van der Waals surface area contributed by atoms with Gasteiger partial charge in [-0.25, -0.2) is 0 Å². The molecule has 3 aromatic carbocycles. The first-order valence-electron chi connectivity index (χ1n) is 12.4. The standard InChI is InChI=1S/C32H46/c1-17-19(3)25(15-31(9,10)11)29-24(8)28-22(6)18(2)20(4)26(16-32(12,13)14)30(28)23(7)27(29)21(17)5/h15-16H2,1-14H3. The second-order valence-corrected chi connectivity index (χ2v) is 12.9. The second-order valence-electron chi connectivity index (χ2n) is 12.9. The van der Waals surface area contributed by atoms with Gasteiger partial charge in [-0.15, -0.1) is 0 Å². The van der Waals surface area contributed by atoms with Gasteiger partial charge in [0.05, 0.1) is 0 Å². The molecule has 0 nitrogen and oxygen atoms in total. The Bertz CT molecular complexity index is 1140. The third-order valence-corrected chi connectivity index (χ3v) is 7.92. The molecule has 0 atom stereocenters. The molecule has 0 amide bonds. The van der Waals surface area contributed by atoms with Crippen LogP contribution >= 0.6 is 0 Å². The smallest absolute Gasteiger partial charge is 0.0108 e. The van der Waals surface area contributed by atoms with Gasteiger partial charge in [-0.1, -0.05) is 41.5 Å². The van der Waals surface area contributed by atoms with Crippen LogP contribution in [0.5, 0.6) is 0 Å². The molecule has 0 unspecified atom stereocenters. The van der Waals surface area contributed by atoms with Crippen molar-refractivity contribution in [3.05, 3.63) is 55.6 Å². The lowest BCUT2D eigenvalue weighted by Crippen LogP contribution is -2.14. The van der Waals surface area contributed by atoms with Crippen LogP contribution < -0.4 is 0 Å². The highest BCUT2D eigenvalue weighted by Gasteiger charge is 2.26. The lowest BCUT2D eigenvalue weighted by molar-refractivity contribution is 0.411. The fourth-order valence-electron chi connectivity index (χ4n) is 5.96. The van der Waals surface area contributed by atoms with Crippen molar-refractivity contribution in [2.24, 2.45) is 10.8 Å². The summed E-state index contributed by atoms with van der Waals surface area (Å²) in [5, 5.41) is 6.07. The van der Waals surface area contributed by atoms with E-state index in [2.05, 4.69) is 96.9 Å². The molecule has 32 heavy (non-hydrogen) atoms. The van der Waals surface area contributed by atoms with E-state index in [1.54, 1.807) is 11.1 Å². The Hall–Kier alpha value is -1.82. The monoisotopic (exact) mass is 430 g/mol. The van der Waals surface area contributed by atoms with Crippen molar-refractivity contribution in [3.8, 4) is 0 Å². The molecule has 0 saturated carbocycles. The Morgan fingerprint density at radius 2 is 0.625 bits per heavy atom. The molecule has 0 N–H and O–H groups in total. The zero-order valence-electron chi connectivity index (χ0n) is 23.4. The van der Waals surface area contributed by atoms with Crippen molar-refractivity contribution in [1.29, 1.82) is 0 Å². The molecule has 0 aliphatic heterocycles. The van der Waals surface area contributed by atoms with E-state index < -0.39 is 0 Å². The Morgan fingerprint density at radius 1 is 0.344 bits per heavy atom. The van der Waals surface area contributed by atoms with Crippen LogP contribution in [-0.4, -0.2) is 0 Å². The van der Waals surface area contributed by atoms with Crippen molar-refractivity contribution >= 4 is 21.5 Å². The minimum Gasteiger partial charge on any atom is -0.0599 e. The molecule has 0 aromatic heterocycles. The summed E-state index contributed by atoms with van der Waals surface area (Å²) >= 11 is 0. The second kappa shape index (κ2) is 7.89. The average molecular weight is 431 g/mol. The molecule has 3 rings (SSSR count). The van der Waals surface area contributed by atoms with E-state index in [1.807, 2.05) is 0 Å². The van der Waals surface area contributed by atoms with Crippen LogP contribution in [0.4, 0.5) is 0 Å². The fraction of sp³-hybridized carbons (Fsp3) is 0.562. The molecular formula is C32H46. The average Bonchev–Trinajstić information content (AvgIpc) is 2.65. The molecule has 0 bridgehead atoms. The van der Waals surface area contributed by atoms with E-state index >= 15 is 0 Å². The predicted octanol–water partition coefficient (Wildman–Crippen LogP) is 9.64. The molecule has 0 fully saturated rings. The van der Waals surface area contributed by atoms with Crippen molar-refractivity contribution < 1.29 is 0 Å². The van der Waals surface area contributed by atoms with E-state index in [-0.39, 0.29) is 10.8 Å². The highest BCUT2D eigenvalue weighted by molar-refractivity contribution is 6.11. The third kappa shape index (κ3) is 4.00. The van der Waals surface area contributed by atoms with Gasteiger partial charge in [-0.3, -0.25) is 0 Å². The number of aryl methyl sites for hydroxylation is 4. The SMILES string of the molecule is Cc1c(C)c(CC(C)(C)C)c2c(C)c3c(C)c(C)c(C)c(CC(C)(C)C)c3c(C)c2c1C. The highest BCUT2D eigenvalue weighted by Crippen LogP contribution is 2.45. The van der Waals surface area contributed by atoms with Crippen molar-refractivity contribution in [2.75, 3.05) is 0 Å². The topological polar surface area (TPSA) is 0 Å². The first-order valence-corrected chi connectivity index (χ1v) is 12.4. The molecule has 0 heterocycles. The van der Waals surface area contributed by atoms with Crippen LogP contribution in [-0.2, 0) is 12.8 Å².